The Labute approximate surface area is 194 Å². The molecule has 1 aromatic heterocycles. The van der Waals surface area contributed by atoms with Gasteiger partial charge in [-0.1, -0.05) is 30.3 Å². The molecule has 1 saturated heterocycles. The third-order valence-corrected chi connectivity index (χ3v) is 6.18. The van der Waals surface area contributed by atoms with Gasteiger partial charge in [0.25, 0.3) is 0 Å². The van der Waals surface area contributed by atoms with Crippen LogP contribution >= 0.6 is 0 Å². The maximum Gasteiger partial charge on any atom is 0.119 e. The Bertz CT molecular complexity index is 1180. The Morgan fingerprint density at radius 1 is 0.939 bits per heavy atom. The van der Waals surface area contributed by atoms with E-state index in [1.807, 2.05) is 6.07 Å². The van der Waals surface area contributed by atoms with Gasteiger partial charge in [-0.05, 0) is 53.1 Å². The molecule has 6 heteroatoms. The number of aromatic nitrogens is 2. The number of methoxy groups -OCH3 is 1. The Balaban J connectivity index is 1.38. The summed E-state index contributed by atoms with van der Waals surface area (Å²) in [6.07, 6.45) is 1.75. The first-order valence-electron chi connectivity index (χ1n) is 11.5. The molecule has 1 N–H and O–H groups in total. The van der Waals surface area contributed by atoms with E-state index >= 15 is 0 Å². The van der Waals surface area contributed by atoms with Gasteiger partial charge in [0.2, 0.25) is 0 Å². The molecule has 0 bridgehead atoms. The van der Waals surface area contributed by atoms with Crippen LogP contribution in [0.1, 0.15) is 16.7 Å². The largest absolute Gasteiger partial charge is 0.497 e. The molecular weight excluding hydrogens is 412 g/mol. The van der Waals surface area contributed by atoms with Crippen molar-refractivity contribution in [1.29, 1.82) is 0 Å². The topological polar surface area (TPSA) is 53.6 Å². The number of morpholine rings is 1. The number of fused-ring (bicyclic) bond motifs is 1. The van der Waals surface area contributed by atoms with Crippen LogP contribution in [0.15, 0.2) is 73.1 Å². The first kappa shape index (κ1) is 21.5. The van der Waals surface area contributed by atoms with Crippen molar-refractivity contribution < 1.29 is 9.47 Å². The number of benzene rings is 3. The molecule has 0 unspecified atom stereocenters. The van der Waals surface area contributed by atoms with Crippen LogP contribution in [0.4, 0.5) is 5.69 Å². The summed E-state index contributed by atoms with van der Waals surface area (Å²) in [6.45, 7) is 6.21. The minimum absolute atomic E-state index is 0.793. The number of hydrogen-bond acceptors (Lipinski definition) is 5. The number of ether oxygens (including phenoxy) is 2. The summed E-state index contributed by atoms with van der Waals surface area (Å²) >= 11 is 0. The maximum atomic E-state index is 5.48. The second-order valence-corrected chi connectivity index (χ2v) is 8.52. The highest BCUT2D eigenvalue weighted by Crippen LogP contribution is 2.24. The number of nitrogens with zero attached hydrogens (tertiary/aromatic N) is 3. The van der Waals surface area contributed by atoms with Gasteiger partial charge >= 0.3 is 0 Å². The van der Waals surface area contributed by atoms with E-state index in [2.05, 4.69) is 80.4 Å². The van der Waals surface area contributed by atoms with E-state index in [0.717, 1.165) is 62.7 Å². The molecule has 6 nitrogen and oxygen atoms in total. The van der Waals surface area contributed by atoms with Crippen LogP contribution in [0, 0.1) is 0 Å². The SMILES string of the molecule is COc1cccc(CN(Cc2ccc3nc[nH]c3c2)c2ccc(CN3CCOCC3)cc2)c1. The Morgan fingerprint density at radius 3 is 2.48 bits per heavy atom. The zero-order valence-electron chi connectivity index (χ0n) is 19.0. The number of imidazole rings is 1. The van der Waals surface area contributed by atoms with Crippen LogP contribution in [0.3, 0.4) is 0 Å². The van der Waals surface area contributed by atoms with Gasteiger partial charge in [0.05, 0.1) is 37.7 Å². The van der Waals surface area contributed by atoms with Crippen molar-refractivity contribution in [3.05, 3.63) is 89.7 Å². The Hall–Kier alpha value is -3.35. The molecule has 33 heavy (non-hydrogen) atoms. The van der Waals surface area contributed by atoms with Crippen molar-refractivity contribution in [3.63, 3.8) is 0 Å². The standard InChI is InChI=1S/C27H30N4O2/c1-32-25-4-2-3-22(15-25)18-31(19-23-7-10-26-27(16-23)29-20-28-26)24-8-5-21(6-9-24)17-30-11-13-33-14-12-30/h2-10,15-16,20H,11-14,17-19H2,1H3,(H,28,29). The molecule has 0 radical (unpaired) electrons. The summed E-state index contributed by atoms with van der Waals surface area (Å²) in [5.41, 5.74) is 7.05. The highest BCUT2D eigenvalue weighted by atomic mass is 16.5. The van der Waals surface area contributed by atoms with E-state index in [-0.39, 0.29) is 0 Å². The van der Waals surface area contributed by atoms with E-state index in [1.54, 1.807) is 13.4 Å². The Kier molecular flexibility index (Phi) is 6.56. The molecule has 0 atom stereocenters. The van der Waals surface area contributed by atoms with Crippen LogP contribution in [-0.2, 0) is 24.4 Å². The molecule has 1 aliphatic rings. The smallest absolute Gasteiger partial charge is 0.119 e. The van der Waals surface area contributed by atoms with Crippen molar-refractivity contribution in [2.45, 2.75) is 19.6 Å². The van der Waals surface area contributed by atoms with Gasteiger partial charge in [0, 0.05) is 38.4 Å². The van der Waals surface area contributed by atoms with E-state index in [4.69, 9.17) is 9.47 Å². The average Bonchev–Trinajstić information content (AvgIpc) is 3.33. The molecule has 4 aromatic rings. The van der Waals surface area contributed by atoms with Gasteiger partial charge in [-0.2, -0.15) is 0 Å². The zero-order chi connectivity index (χ0) is 22.5. The molecule has 1 fully saturated rings. The predicted molar refractivity (Wildman–Crippen MR) is 132 cm³/mol. The van der Waals surface area contributed by atoms with Gasteiger partial charge in [-0.25, -0.2) is 4.98 Å². The quantitative estimate of drug-likeness (QED) is 0.432. The molecule has 5 rings (SSSR count). The zero-order valence-corrected chi connectivity index (χ0v) is 19.0. The molecule has 0 amide bonds. The summed E-state index contributed by atoms with van der Waals surface area (Å²) in [5.74, 6) is 0.882. The summed E-state index contributed by atoms with van der Waals surface area (Å²) < 4.78 is 10.9. The van der Waals surface area contributed by atoms with Crippen LogP contribution in [0.5, 0.6) is 5.75 Å². The second kappa shape index (κ2) is 10.1. The summed E-state index contributed by atoms with van der Waals surface area (Å²) in [7, 11) is 1.71. The summed E-state index contributed by atoms with van der Waals surface area (Å²) in [6, 6.07) is 23.7. The van der Waals surface area contributed by atoms with Crippen molar-refractivity contribution >= 4 is 16.7 Å². The molecule has 0 saturated carbocycles. The minimum Gasteiger partial charge on any atom is -0.497 e. The van der Waals surface area contributed by atoms with E-state index in [0.29, 0.717) is 0 Å². The lowest BCUT2D eigenvalue weighted by Gasteiger charge is -2.28. The van der Waals surface area contributed by atoms with E-state index in [9.17, 15) is 0 Å². The Morgan fingerprint density at radius 2 is 1.70 bits per heavy atom. The average molecular weight is 443 g/mol. The third kappa shape index (κ3) is 5.35. The fourth-order valence-electron chi connectivity index (χ4n) is 4.36. The first-order chi connectivity index (χ1) is 16.3. The third-order valence-electron chi connectivity index (χ3n) is 6.18. The highest BCUT2D eigenvalue weighted by molar-refractivity contribution is 5.75. The number of H-pyrrole nitrogens is 1. The van der Waals surface area contributed by atoms with Gasteiger partial charge in [-0.3, -0.25) is 4.90 Å². The lowest BCUT2D eigenvalue weighted by molar-refractivity contribution is 0.0342. The van der Waals surface area contributed by atoms with Crippen LogP contribution in [-0.4, -0.2) is 48.3 Å². The number of rotatable bonds is 8. The number of aromatic amines is 1. The van der Waals surface area contributed by atoms with Crippen molar-refractivity contribution in [3.8, 4) is 5.75 Å². The van der Waals surface area contributed by atoms with Crippen molar-refractivity contribution in [1.82, 2.24) is 14.9 Å². The lowest BCUT2D eigenvalue weighted by atomic mass is 10.1. The summed E-state index contributed by atoms with van der Waals surface area (Å²) in [4.78, 5) is 12.4. The number of anilines is 1. The molecular formula is C27H30N4O2. The minimum atomic E-state index is 0.793. The molecule has 3 aromatic carbocycles. The molecule has 0 aliphatic carbocycles. The van der Waals surface area contributed by atoms with E-state index < -0.39 is 0 Å². The first-order valence-corrected chi connectivity index (χ1v) is 11.5. The van der Waals surface area contributed by atoms with Gasteiger partial charge in [0.15, 0.2) is 0 Å². The molecule has 170 valence electrons. The molecule has 0 spiro atoms. The monoisotopic (exact) mass is 442 g/mol. The second-order valence-electron chi connectivity index (χ2n) is 8.52. The van der Waals surface area contributed by atoms with Crippen molar-refractivity contribution in [2.24, 2.45) is 0 Å². The fourth-order valence-corrected chi connectivity index (χ4v) is 4.36. The normalized spacial score (nSPS) is 14.5. The van der Waals surface area contributed by atoms with Crippen LogP contribution in [0.2, 0.25) is 0 Å². The van der Waals surface area contributed by atoms with Crippen molar-refractivity contribution in [2.75, 3.05) is 38.3 Å². The fraction of sp³-hybridized carbons (Fsp3) is 0.296. The predicted octanol–water partition coefficient (Wildman–Crippen LogP) is 4.61. The van der Waals surface area contributed by atoms with Gasteiger partial charge in [0.1, 0.15) is 5.75 Å². The van der Waals surface area contributed by atoms with Crippen LogP contribution < -0.4 is 9.64 Å². The highest BCUT2D eigenvalue weighted by Gasteiger charge is 2.13. The molecule has 1 aliphatic heterocycles. The van der Waals surface area contributed by atoms with Gasteiger partial charge in [-0.15, -0.1) is 0 Å². The maximum absolute atomic E-state index is 5.48. The number of hydrogen-bond donors (Lipinski definition) is 1. The lowest BCUT2D eigenvalue weighted by Crippen LogP contribution is -2.35. The summed E-state index contributed by atoms with van der Waals surface area (Å²) in [5, 5.41) is 0. The van der Waals surface area contributed by atoms with E-state index in [1.165, 1.54) is 22.4 Å². The van der Waals surface area contributed by atoms with Gasteiger partial charge < -0.3 is 19.4 Å². The number of nitrogens with one attached hydrogen (secondary N) is 1. The van der Waals surface area contributed by atoms with Crippen LogP contribution in [0.25, 0.3) is 11.0 Å². The molecule has 2 heterocycles.